The smallest absolute Gasteiger partial charge is 0.305 e. The lowest BCUT2D eigenvalue weighted by molar-refractivity contribution is -0.144. The van der Waals surface area contributed by atoms with Crippen LogP contribution in [0.4, 0.5) is 0 Å². The van der Waals surface area contributed by atoms with Gasteiger partial charge >= 0.3 is 17.9 Å². The highest BCUT2D eigenvalue weighted by atomic mass is 16.6. The van der Waals surface area contributed by atoms with E-state index in [0.29, 0.717) is 71.1 Å². The van der Waals surface area contributed by atoms with Gasteiger partial charge in [0, 0.05) is 39.1 Å². The van der Waals surface area contributed by atoms with Gasteiger partial charge in [0.15, 0.2) is 0 Å². The molecule has 10 heteroatoms. The molecule has 0 radical (unpaired) electrons. The molecule has 1 heterocycles. The second-order valence-corrected chi connectivity index (χ2v) is 17.3. The van der Waals surface area contributed by atoms with E-state index in [9.17, 15) is 14.4 Å². The molecule has 3 N–H and O–H groups in total. The monoisotopic (exact) mass is 911 g/mol. The number of carbonyl (C=O) groups is 3. The number of unbranched alkanes of at least 4 members (excludes halogenated alkanes) is 25. The van der Waals surface area contributed by atoms with Crippen molar-refractivity contribution in [2.45, 2.75) is 264 Å². The van der Waals surface area contributed by atoms with Crippen molar-refractivity contribution in [3.8, 4) is 0 Å². The van der Waals surface area contributed by atoms with E-state index in [-0.39, 0.29) is 17.9 Å². The Labute approximate surface area is 393 Å². The summed E-state index contributed by atoms with van der Waals surface area (Å²) in [4.78, 5) is 33.4. The summed E-state index contributed by atoms with van der Waals surface area (Å²) in [5, 5.41) is 26.0. The van der Waals surface area contributed by atoms with Gasteiger partial charge in [-0.15, -0.1) is 0 Å². The van der Waals surface area contributed by atoms with Crippen LogP contribution in [0.3, 0.4) is 0 Å². The number of hydrogen-bond acceptors (Lipinski definition) is 10. The SMILES string of the molecule is CCOC(=O)CCCCCCC/C=C/CCCCCCO.CCOC(=O)CCCCCCC/C=C\CCCCCCO.CCOC(=O)CCCCCCCC1OC1CCCCCCO. The van der Waals surface area contributed by atoms with Crippen LogP contribution < -0.4 is 0 Å². The molecule has 0 aromatic rings. The molecular weight excluding hydrogens is 809 g/mol. The third-order valence-corrected chi connectivity index (χ3v) is 11.3. The molecule has 2 unspecified atom stereocenters. The molecule has 0 bridgehead atoms. The van der Waals surface area contributed by atoms with Gasteiger partial charge in [-0.3, -0.25) is 14.4 Å². The van der Waals surface area contributed by atoms with Gasteiger partial charge in [-0.1, -0.05) is 133 Å². The molecule has 0 aromatic heterocycles. The van der Waals surface area contributed by atoms with Crippen LogP contribution >= 0.6 is 0 Å². The average Bonchev–Trinajstić information content (AvgIpc) is 4.04. The third-order valence-electron chi connectivity index (χ3n) is 11.3. The van der Waals surface area contributed by atoms with Gasteiger partial charge in [0.05, 0.1) is 32.0 Å². The lowest BCUT2D eigenvalue weighted by Crippen LogP contribution is -2.03. The van der Waals surface area contributed by atoms with Crippen LogP contribution in [-0.4, -0.2) is 85.1 Å². The van der Waals surface area contributed by atoms with E-state index in [1.807, 2.05) is 20.8 Å². The second-order valence-electron chi connectivity index (χ2n) is 17.3. The number of allylic oxidation sites excluding steroid dienone is 4. The molecule has 1 aliphatic rings. The molecule has 0 aromatic carbocycles. The topological polar surface area (TPSA) is 152 Å². The first-order chi connectivity index (χ1) is 31.4. The van der Waals surface area contributed by atoms with E-state index < -0.39 is 0 Å². The Morgan fingerprint density at radius 3 is 0.859 bits per heavy atom. The summed E-state index contributed by atoms with van der Waals surface area (Å²) in [6.45, 7) is 8.00. The molecule has 1 aliphatic heterocycles. The van der Waals surface area contributed by atoms with Crippen molar-refractivity contribution in [1.82, 2.24) is 0 Å². The Bertz CT molecular complexity index is 980. The first kappa shape index (κ1) is 63.8. The van der Waals surface area contributed by atoms with Crippen LogP contribution in [0, 0.1) is 0 Å². The molecule has 378 valence electrons. The number of rotatable bonds is 45. The lowest BCUT2D eigenvalue weighted by atomic mass is 10.0. The van der Waals surface area contributed by atoms with Crippen LogP contribution in [0.1, 0.15) is 252 Å². The van der Waals surface area contributed by atoms with Crippen molar-refractivity contribution in [2.75, 3.05) is 39.6 Å². The summed E-state index contributed by atoms with van der Waals surface area (Å²) < 4.78 is 20.4. The zero-order valence-corrected chi connectivity index (χ0v) is 41.9. The highest BCUT2D eigenvalue weighted by molar-refractivity contribution is 5.69. The van der Waals surface area contributed by atoms with Gasteiger partial charge in [0.1, 0.15) is 0 Å². The molecular formula is C54H102O10. The number of aliphatic hydroxyl groups is 3. The number of aliphatic hydroxyl groups excluding tert-OH is 3. The van der Waals surface area contributed by atoms with E-state index in [2.05, 4.69) is 24.3 Å². The maximum atomic E-state index is 11.2. The van der Waals surface area contributed by atoms with Crippen LogP contribution in [0.2, 0.25) is 0 Å². The van der Waals surface area contributed by atoms with E-state index >= 15 is 0 Å². The van der Waals surface area contributed by atoms with Gasteiger partial charge < -0.3 is 34.3 Å². The lowest BCUT2D eigenvalue weighted by Gasteiger charge is -2.02. The molecule has 0 amide bonds. The molecule has 1 saturated heterocycles. The third kappa shape index (κ3) is 54.1. The zero-order valence-electron chi connectivity index (χ0n) is 41.9. The molecule has 2 atom stereocenters. The largest absolute Gasteiger partial charge is 0.466 e. The number of carbonyl (C=O) groups excluding carboxylic acids is 3. The normalized spacial score (nSPS) is 14.2. The van der Waals surface area contributed by atoms with Crippen molar-refractivity contribution < 1.29 is 48.7 Å². The van der Waals surface area contributed by atoms with Crippen molar-refractivity contribution in [2.24, 2.45) is 0 Å². The van der Waals surface area contributed by atoms with Gasteiger partial charge in [-0.2, -0.15) is 0 Å². The average molecular weight is 911 g/mol. The van der Waals surface area contributed by atoms with Gasteiger partial charge in [0.2, 0.25) is 0 Å². The maximum Gasteiger partial charge on any atom is 0.305 e. The fourth-order valence-corrected chi connectivity index (χ4v) is 7.39. The fourth-order valence-electron chi connectivity index (χ4n) is 7.39. The molecule has 1 rings (SSSR count). The van der Waals surface area contributed by atoms with Gasteiger partial charge in [-0.25, -0.2) is 0 Å². The van der Waals surface area contributed by atoms with Crippen molar-refractivity contribution in [1.29, 1.82) is 0 Å². The molecule has 10 nitrogen and oxygen atoms in total. The van der Waals surface area contributed by atoms with Crippen LogP contribution in [0.15, 0.2) is 24.3 Å². The fraction of sp³-hybridized carbons (Fsp3) is 0.870. The predicted octanol–water partition coefficient (Wildman–Crippen LogP) is 13.5. The van der Waals surface area contributed by atoms with Crippen molar-refractivity contribution in [3.63, 3.8) is 0 Å². The molecule has 0 saturated carbocycles. The number of hydrogen-bond donors (Lipinski definition) is 3. The Balaban J connectivity index is 0. The summed E-state index contributed by atoms with van der Waals surface area (Å²) in [5.41, 5.74) is 0. The van der Waals surface area contributed by atoms with Gasteiger partial charge in [-0.05, 0) is 124 Å². The second kappa shape index (κ2) is 55.1. The highest BCUT2D eigenvalue weighted by Crippen LogP contribution is 2.31. The molecule has 1 fully saturated rings. The minimum atomic E-state index is -0.0595. The molecule has 0 aliphatic carbocycles. The Morgan fingerprint density at radius 1 is 0.359 bits per heavy atom. The summed E-state index contributed by atoms with van der Waals surface area (Å²) in [5.74, 6) is -0.172. The van der Waals surface area contributed by atoms with Crippen molar-refractivity contribution in [3.05, 3.63) is 24.3 Å². The van der Waals surface area contributed by atoms with Crippen LogP contribution in [0.25, 0.3) is 0 Å². The number of epoxide rings is 1. The molecule has 0 spiro atoms. The van der Waals surface area contributed by atoms with Crippen LogP contribution in [-0.2, 0) is 33.3 Å². The van der Waals surface area contributed by atoms with Crippen LogP contribution in [0.5, 0.6) is 0 Å². The first-order valence-electron chi connectivity index (χ1n) is 26.6. The minimum absolute atomic E-state index is 0.0561. The Hall–Kier alpha value is -2.27. The highest BCUT2D eigenvalue weighted by Gasteiger charge is 2.36. The Kier molecular flexibility index (Phi) is 54.9. The molecule has 64 heavy (non-hydrogen) atoms. The summed E-state index contributed by atoms with van der Waals surface area (Å²) in [6.07, 6.45) is 50.0. The number of ether oxygens (including phenoxy) is 4. The minimum Gasteiger partial charge on any atom is -0.466 e. The quantitative estimate of drug-likeness (QED) is 0.0177. The number of esters is 3. The van der Waals surface area contributed by atoms with E-state index in [4.69, 9.17) is 34.3 Å². The summed E-state index contributed by atoms with van der Waals surface area (Å²) in [7, 11) is 0. The van der Waals surface area contributed by atoms with Gasteiger partial charge in [0.25, 0.3) is 0 Å². The zero-order chi connectivity index (χ0) is 47.2. The summed E-state index contributed by atoms with van der Waals surface area (Å²) >= 11 is 0. The first-order valence-corrected chi connectivity index (χ1v) is 26.6. The summed E-state index contributed by atoms with van der Waals surface area (Å²) in [6, 6.07) is 0. The maximum absolute atomic E-state index is 11.2. The van der Waals surface area contributed by atoms with E-state index in [0.717, 1.165) is 77.0 Å². The Morgan fingerprint density at radius 2 is 0.594 bits per heavy atom. The predicted molar refractivity (Wildman–Crippen MR) is 264 cm³/mol. The standard InChI is InChI=1S/C18H34O4.2C18H34O3/c1-2-21-18(20)14-10-5-3-4-8-12-16-17(22-16)13-9-6-7-11-15-19;2*1-2-21-18(20)16-14-12-10-8-6-4-3-5-7-9-11-13-15-17-19/h16-17,19H,2-15H2,1H3;2*3,5,19H,2,4,6-17H2,1H3/b;5-3+;5-3-. The van der Waals surface area contributed by atoms with E-state index in [1.54, 1.807) is 0 Å². The van der Waals surface area contributed by atoms with Crippen molar-refractivity contribution >= 4 is 17.9 Å². The van der Waals surface area contributed by atoms with E-state index in [1.165, 1.54) is 135 Å².